The average molecular weight is 681 g/mol. The molecule has 1 aliphatic heterocycles. The van der Waals surface area contributed by atoms with Gasteiger partial charge in [-0.2, -0.15) is 31.4 Å². The van der Waals surface area contributed by atoms with Crippen molar-refractivity contribution in [1.29, 1.82) is 0 Å². The van der Waals surface area contributed by atoms with Gasteiger partial charge >= 0.3 is 24.3 Å². The Hall–Kier alpha value is -4.45. The van der Waals surface area contributed by atoms with Crippen molar-refractivity contribution >= 4 is 35.3 Å². The molecule has 2 heterocycles. The summed E-state index contributed by atoms with van der Waals surface area (Å²) < 4.78 is 74.6. The fourth-order valence-corrected chi connectivity index (χ4v) is 4.73. The van der Waals surface area contributed by atoms with E-state index in [2.05, 4.69) is 40.6 Å². The Kier molecular flexibility index (Phi) is 13.7. The smallest absolute Gasteiger partial charge is 0.490 e. The zero-order valence-corrected chi connectivity index (χ0v) is 25.3. The first kappa shape index (κ1) is 37.7. The van der Waals surface area contributed by atoms with Crippen LogP contribution in [0.5, 0.6) is 11.5 Å². The lowest BCUT2D eigenvalue weighted by Gasteiger charge is -2.25. The first-order valence-corrected chi connectivity index (χ1v) is 14.0. The van der Waals surface area contributed by atoms with Gasteiger partial charge in [0.2, 0.25) is 5.91 Å². The van der Waals surface area contributed by atoms with Gasteiger partial charge in [-0.1, -0.05) is 6.07 Å². The normalized spacial score (nSPS) is 14.0. The first-order valence-electron chi connectivity index (χ1n) is 13.0. The number of alkyl halides is 6. The monoisotopic (exact) mass is 680 g/mol. The number of aromatic amines is 1. The Morgan fingerprint density at radius 1 is 1.04 bits per heavy atom. The minimum atomic E-state index is -5.08. The van der Waals surface area contributed by atoms with Crippen LogP contribution in [-0.4, -0.2) is 95.6 Å². The number of hydrogen-bond acceptors (Lipinski definition) is 8. The standard InChI is InChI=1S/C24H28N4O3S.2C2HF3O2/c1-28(2)8-9-32-23-12-16(19-13-25-26-14-19)4-6-21(23)27-24(29)18-10-17-11-20(30-3)5-7-22(17)31-15-18;2*3-2(4,5)1(6)7/h4-7,11-14,18H,8-10,15H2,1-3H3,(H,25,26)(H,27,29);2*(H,6,7). The van der Waals surface area contributed by atoms with Crippen LogP contribution >= 0.6 is 11.8 Å². The second-order valence-corrected chi connectivity index (χ2v) is 10.8. The van der Waals surface area contributed by atoms with Crippen molar-refractivity contribution in [3.05, 3.63) is 54.4 Å². The van der Waals surface area contributed by atoms with Gasteiger partial charge < -0.3 is 29.9 Å². The molecular formula is C28H30F6N4O7S. The van der Waals surface area contributed by atoms with E-state index in [1.807, 2.05) is 36.5 Å². The molecule has 18 heteroatoms. The number of rotatable bonds is 8. The summed E-state index contributed by atoms with van der Waals surface area (Å²) in [5.41, 5.74) is 3.89. The van der Waals surface area contributed by atoms with E-state index in [1.165, 1.54) is 0 Å². The lowest BCUT2D eigenvalue weighted by molar-refractivity contribution is -0.193. The number of fused-ring (bicyclic) bond motifs is 1. The minimum Gasteiger partial charge on any atom is -0.497 e. The Bertz CT molecular complexity index is 1440. The number of methoxy groups -OCH3 is 1. The van der Waals surface area contributed by atoms with E-state index < -0.39 is 24.3 Å². The third kappa shape index (κ3) is 12.2. The zero-order chi connectivity index (χ0) is 34.7. The maximum Gasteiger partial charge on any atom is 0.490 e. The average Bonchev–Trinajstić information content (AvgIpc) is 3.52. The van der Waals surface area contributed by atoms with Crippen LogP contribution in [0.25, 0.3) is 11.1 Å². The van der Waals surface area contributed by atoms with Crippen molar-refractivity contribution in [2.24, 2.45) is 5.92 Å². The molecule has 0 bridgehead atoms. The number of amides is 1. The van der Waals surface area contributed by atoms with Crippen LogP contribution in [0.4, 0.5) is 32.0 Å². The van der Waals surface area contributed by atoms with Crippen LogP contribution in [0.1, 0.15) is 5.56 Å². The highest BCUT2D eigenvalue weighted by Crippen LogP contribution is 2.34. The zero-order valence-electron chi connectivity index (χ0n) is 24.5. The molecule has 1 unspecified atom stereocenters. The van der Waals surface area contributed by atoms with E-state index in [9.17, 15) is 31.1 Å². The number of anilines is 1. The highest BCUT2D eigenvalue weighted by molar-refractivity contribution is 7.99. The number of carboxylic acids is 2. The molecule has 3 aromatic rings. The van der Waals surface area contributed by atoms with Gasteiger partial charge in [0.15, 0.2) is 0 Å². The SMILES string of the molecule is COc1ccc2c(c1)CC(C(=O)Nc1ccc(-c3cn[nH]c3)cc1SCCN(C)C)CO2.O=C(O)C(F)(F)F.O=C(O)C(F)(F)F. The lowest BCUT2D eigenvalue weighted by atomic mass is 9.95. The number of aliphatic carboxylic acids is 2. The van der Waals surface area contributed by atoms with Crippen LogP contribution in [-0.2, 0) is 20.8 Å². The number of carbonyl (C=O) groups is 3. The summed E-state index contributed by atoms with van der Waals surface area (Å²) >= 11 is 1.73. The largest absolute Gasteiger partial charge is 0.497 e. The fourth-order valence-electron chi connectivity index (χ4n) is 3.57. The molecule has 2 aromatic carbocycles. The molecule has 0 radical (unpaired) electrons. The molecular weight excluding hydrogens is 650 g/mol. The van der Waals surface area contributed by atoms with Crippen molar-refractivity contribution in [3.8, 4) is 22.6 Å². The highest BCUT2D eigenvalue weighted by atomic mass is 32.2. The topological polar surface area (TPSA) is 154 Å². The number of halogens is 6. The van der Waals surface area contributed by atoms with Gasteiger partial charge in [-0.25, -0.2) is 9.59 Å². The second-order valence-electron chi connectivity index (χ2n) is 9.63. The number of aromatic nitrogens is 2. The number of carbonyl (C=O) groups excluding carboxylic acids is 1. The molecule has 11 nitrogen and oxygen atoms in total. The maximum atomic E-state index is 13.1. The van der Waals surface area contributed by atoms with Gasteiger partial charge in [0.1, 0.15) is 18.1 Å². The summed E-state index contributed by atoms with van der Waals surface area (Å²) in [6.07, 6.45) is -5.88. The maximum absolute atomic E-state index is 13.1. The molecule has 1 aromatic heterocycles. The van der Waals surface area contributed by atoms with E-state index in [-0.39, 0.29) is 11.8 Å². The number of thioether (sulfide) groups is 1. The van der Waals surface area contributed by atoms with Crippen molar-refractivity contribution < 1.29 is 60.4 Å². The number of hydrogen-bond donors (Lipinski definition) is 4. The van der Waals surface area contributed by atoms with Crippen molar-refractivity contribution in [1.82, 2.24) is 15.1 Å². The third-order valence-corrected chi connectivity index (χ3v) is 6.93. The number of nitrogens with zero attached hydrogens (tertiary/aromatic N) is 2. The minimum absolute atomic E-state index is 0.0380. The summed E-state index contributed by atoms with van der Waals surface area (Å²) in [4.78, 5) is 34.1. The van der Waals surface area contributed by atoms with Gasteiger partial charge in [0.25, 0.3) is 0 Å². The summed E-state index contributed by atoms with van der Waals surface area (Å²) in [6.45, 7) is 1.31. The van der Waals surface area contributed by atoms with E-state index in [0.717, 1.165) is 51.1 Å². The van der Waals surface area contributed by atoms with Crippen LogP contribution in [0.15, 0.2) is 53.7 Å². The molecule has 4 rings (SSSR count). The third-order valence-electron chi connectivity index (χ3n) is 5.90. The highest BCUT2D eigenvalue weighted by Gasteiger charge is 2.39. The van der Waals surface area contributed by atoms with Crippen molar-refractivity contribution in [2.75, 3.05) is 45.4 Å². The molecule has 1 aliphatic rings. The molecule has 46 heavy (non-hydrogen) atoms. The van der Waals surface area contributed by atoms with Crippen molar-refractivity contribution in [3.63, 3.8) is 0 Å². The molecule has 4 N–H and O–H groups in total. The van der Waals surface area contributed by atoms with Gasteiger partial charge in [-0.05, 0) is 62.0 Å². The molecule has 252 valence electrons. The van der Waals surface area contributed by atoms with Crippen LogP contribution in [0.2, 0.25) is 0 Å². The fraction of sp³-hybridized carbons (Fsp3) is 0.357. The molecule has 1 amide bonds. The Morgan fingerprint density at radius 3 is 2.20 bits per heavy atom. The van der Waals surface area contributed by atoms with E-state index in [4.69, 9.17) is 29.3 Å². The summed E-state index contributed by atoms with van der Waals surface area (Å²) in [7, 11) is 5.75. The molecule has 1 atom stereocenters. The van der Waals surface area contributed by atoms with E-state index in [0.29, 0.717) is 13.0 Å². The predicted molar refractivity (Wildman–Crippen MR) is 155 cm³/mol. The quantitative estimate of drug-likeness (QED) is 0.185. The second kappa shape index (κ2) is 16.7. The number of nitrogens with one attached hydrogen (secondary N) is 2. The Labute approximate surface area is 262 Å². The van der Waals surface area contributed by atoms with E-state index >= 15 is 0 Å². The lowest BCUT2D eigenvalue weighted by Crippen LogP contribution is -2.32. The Balaban J connectivity index is 0.000000440. The molecule has 0 spiro atoms. The van der Waals surface area contributed by atoms with Gasteiger partial charge in [0, 0.05) is 29.0 Å². The molecule has 0 saturated heterocycles. The van der Waals surface area contributed by atoms with E-state index in [1.54, 1.807) is 25.1 Å². The summed E-state index contributed by atoms with van der Waals surface area (Å²) in [5, 5.41) is 24.3. The number of benzene rings is 2. The van der Waals surface area contributed by atoms with Crippen LogP contribution in [0.3, 0.4) is 0 Å². The van der Waals surface area contributed by atoms with Crippen LogP contribution in [0, 0.1) is 5.92 Å². The number of H-pyrrole nitrogens is 1. The van der Waals surface area contributed by atoms with Gasteiger partial charge in [-0.15, -0.1) is 11.8 Å². The summed E-state index contributed by atoms with van der Waals surface area (Å²) in [5.74, 6) is -3.31. The molecule has 0 fully saturated rings. The number of ether oxygens (including phenoxy) is 2. The number of carboxylic acid groups (broad SMARTS) is 2. The predicted octanol–water partition coefficient (Wildman–Crippen LogP) is 5.20. The van der Waals surface area contributed by atoms with Gasteiger partial charge in [-0.3, -0.25) is 9.89 Å². The van der Waals surface area contributed by atoms with Crippen LogP contribution < -0.4 is 14.8 Å². The first-order chi connectivity index (χ1) is 21.4. The molecule has 0 aliphatic carbocycles. The summed E-state index contributed by atoms with van der Waals surface area (Å²) in [6, 6.07) is 11.8. The van der Waals surface area contributed by atoms with Gasteiger partial charge in [0.05, 0.1) is 24.9 Å². The Morgan fingerprint density at radius 2 is 1.67 bits per heavy atom. The van der Waals surface area contributed by atoms with Crippen molar-refractivity contribution in [2.45, 2.75) is 23.7 Å². The molecule has 0 saturated carbocycles.